The van der Waals surface area contributed by atoms with E-state index in [4.69, 9.17) is 9.40 Å². The number of hydrogen-bond donors (Lipinski definition) is 1. The summed E-state index contributed by atoms with van der Waals surface area (Å²) in [4.78, 5) is 29.2. The van der Waals surface area contributed by atoms with Gasteiger partial charge in [0.2, 0.25) is 11.8 Å². The molecule has 40 heavy (non-hydrogen) atoms. The summed E-state index contributed by atoms with van der Waals surface area (Å²) in [7, 11) is -3.05. The van der Waals surface area contributed by atoms with Crippen molar-refractivity contribution in [2.75, 3.05) is 29.5 Å². The number of sulfone groups is 1. The molecule has 1 aliphatic heterocycles. The van der Waals surface area contributed by atoms with E-state index in [1.165, 1.54) is 0 Å². The number of hydrogen-bond acceptors (Lipinski definition) is 9. The van der Waals surface area contributed by atoms with Crippen LogP contribution in [0.2, 0.25) is 0 Å². The van der Waals surface area contributed by atoms with Crippen molar-refractivity contribution >= 4 is 21.4 Å². The Morgan fingerprint density at radius 2 is 1.82 bits per heavy atom. The van der Waals surface area contributed by atoms with Crippen LogP contribution in [0.15, 0.2) is 41.1 Å². The van der Waals surface area contributed by atoms with Crippen LogP contribution in [0.3, 0.4) is 0 Å². The van der Waals surface area contributed by atoms with Crippen molar-refractivity contribution in [2.24, 2.45) is 5.92 Å². The van der Waals surface area contributed by atoms with Crippen LogP contribution in [0.1, 0.15) is 56.0 Å². The largest absolute Gasteiger partial charge is 0.440 e. The van der Waals surface area contributed by atoms with Gasteiger partial charge in [-0.25, -0.2) is 23.4 Å². The molecule has 2 saturated carbocycles. The fraction of sp³-hybridized carbons (Fsp3) is 0.483. The van der Waals surface area contributed by atoms with E-state index in [0.29, 0.717) is 61.1 Å². The van der Waals surface area contributed by atoms with Crippen LogP contribution in [0.5, 0.6) is 0 Å². The third-order valence-electron chi connectivity index (χ3n) is 8.29. The normalized spacial score (nSPS) is 23.2. The van der Waals surface area contributed by atoms with Crippen molar-refractivity contribution in [1.29, 1.82) is 5.26 Å². The molecule has 0 bridgehead atoms. The molecule has 1 N–H and O–H groups in total. The van der Waals surface area contributed by atoms with Crippen LogP contribution in [-0.4, -0.2) is 59.4 Å². The number of nitrogens with zero attached hydrogens (tertiary/aromatic N) is 5. The summed E-state index contributed by atoms with van der Waals surface area (Å²) in [5.74, 6) is 1.17. The van der Waals surface area contributed by atoms with Crippen LogP contribution < -0.4 is 10.2 Å². The van der Waals surface area contributed by atoms with Gasteiger partial charge in [0.05, 0.1) is 23.1 Å². The van der Waals surface area contributed by atoms with Gasteiger partial charge in [-0.15, -0.1) is 0 Å². The molecule has 2 aliphatic carbocycles. The molecule has 3 heterocycles. The highest BCUT2D eigenvalue weighted by atomic mass is 32.2. The van der Waals surface area contributed by atoms with E-state index in [1.807, 2.05) is 31.2 Å². The van der Waals surface area contributed by atoms with Crippen molar-refractivity contribution in [2.45, 2.75) is 56.9 Å². The lowest BCUT2D eigenvalue weighted by atomic mass is 9.76. The number of oxazole rings is 1. The summed E-state index contributed by atoms with van der Waals surface area (Å²) in [6, 6.07) is 10.1. The highest BCUT2D eigenvalue weighted by Gasteiger charge is 2.47. The molecular weight excluding hydrogens is 528 g/mol. The van der Waals surface area contributed by atoms with Gasteiger partial charge < -0.3 is 14.6 Å². The number of nitrogens with one attached hydrogen (secondary N) is 1. The monoisotopic (exact) mass is 560 g/mol. The van der Waals surface area contributed by atoms with E-state index in [9.17, 15) is 18.5 Å². The van der Waals surface area contributed by atoms with Crippen molar-refractivity contribution in [3.8, 4) is 28.8 Å². The standard InChI is InChI=1S/C29H32N6O4S/c1-19-31-16-20(17-32-19)28-33-25(23-8-4-5-9-24(23)35-12-14-40(37,38)15-13-35)26(39-28)21-6-2-3-7-22(21)27(36)34-29(18-30)10-11-29/h4-5,8-9,16-17,21-22H,2-3,6-7,10-15H2,1H3,(H,34,36)/t21-,22-/m1/s1. The van der Waals surface area contributed by atoms with Gasteiger partial charge in [-0.05, 0) is 38.7 Å². The first-order valence-corrected chi connectivity index (χ1v) is 15.7. The second-order valence-electron chi connectivity index (χ2n) is 11.1. The minimum Gasteiger partial charge on any atom is -0.440 e. The Hall–Kier alpha value is -3.78. The van der Waals surface area contributed by atoms with Gasteiger partial charge in [-0.2, -0.15) is 5.26 Å². The van der Waals surface area contributed by atoms with Gasteiger partial charge in [0, 0.05) is 48.6 Å². The number of rotatable bonds is 6. The van der Waals surface area contributed by atoms with Crippen LogP contribution in [-0.2, 0) is 14.6 Å². The van der Waals surface area contributed by atoms with Gasteiger partial charge in [0.25, 0.3) is 0 Å². The topological polar surface area (TPSA) is 142 Å². The van der Waals surface area contributed by atoms with Crippen molar-refractivity contribution in [3.63, 3.8) is 0 Å². The summed E-state index contributed by atoms with van der Waals surface area (Å²) in [6.07, 6.45) is 8.05. The number of aryl methyl sites for hydroxylation is 1. The summed E-state index contributed by atoms with van der Waals surface area (Å²) >= 11 is 0. The molecule has 0 spiro atoms. The lowest BCUT2D eigenvalue weighted by molar-refractivity contribution is -0.127. The van der Waals surface area contributed by atoms with Gasteiger partial charge in [0.1, 0.15) is 22.8 Å². The first kappa shape index (κ1) is 26.4. The molecule has 11 heteroatoms. The summed E-state index contributed by atoms with van der Waals surface area (Å²) in [5.41, 5.74) is 2.26. The third kappa shape index (κ3) is 5.20. The Labute approximate surface area is 233 Å². The van der Waals surface area contributed by atoms with E-state index >= 15 is 0 Å². The third-order valence-corrected chi connectivity index (χ3v) is 9.90. The average Bonchev–Trinajstić information content (AvgIpc) is 3.60. The molecule has 1 aromatic carbocycles. The molecule has 1 saturated heterocycles. The Bertz CT molecular complexity index is 1560. The van der Waals surface area contributed by atoms with Crippen LogP contribution in [0.25, 0.3) is 22.7 Å². The summed E-state index contributed by atoms with van der Waals surface area (Å²) in [5, 5.41) is 12.6. The zero-order valence-corrected chi connectivity index (χ0v) is 23.3. The molecular formula is C29H32N6O4S. The van der Waals surface area contributed by atoms with Crippen LogP contribution >= 0.6 is 0 Å². The molecule has 10 nitrogen and oxygen atoms in total. The van der Waals surface area contributed by atoms with Crippen LogP contribution in [0.4, 0.5) is 5.69 Å². The highest BCUT2D eigenvalue weighted by molar-refractivity contribution is 7.91. The maximum atomic E-state index is 13.5. The molecule has 0 radical (unpaired) electrons. The average molecular weight is 561 g/mol. The fourth-order valence-electron chi connectivity index (χ4n) is 5.78. The van der Waals surface area contributed by atoms with Crippen molar-refractivity contribution in [3.05, 3.63) is 48.2 Å². The molecule has 1 amide bonds. The molecule has 3 aliphatic rings. The number of benzene rings is 1. The molecule has 6 rings (SSSR count). The van der Waals surface area contributed by atoms with E-state index < -0.39 is 15.4 Å². The molecule has 3 aromatic rings. The number of nitriles is 1. The highest BCUT2D eigenvalue weighted by Crippen LogP contribution is 2.46. The van der Waals surface area contributed by atoms with E-state index in [-0.39, 0.29) is 29.2 Å². The number of amides is 1. The zero-order valence-electron chi connectivity index (χ0n) is 22.5. The van der Waals surface area contributed by atoms with Gasteiger partial charge >= 0.3 is 0 Å². The Kier molecular flexibility index (Phi) is 6.82. The minimum absolute atomic E-state index is 0.102. The Morgan fingerprint density at radius 3 is 2.52 bits per heavy atom. The second kappa shape index (κ2) is 10.3. The molecule has 2 atom stereocenters. The Morgan fingerprint density at radius 1 is 1.12 bits per heavy atom. The molecule has 2 aromatic heterocycles. The number of aromatic nitrogens is 3. The lowest BCUT2D eigenvalue weighted by Gasteiger charge is -2.32. The minimum atomic E-state index is -3.05. The lowest BCUT2D eigenvalue weighted by Crippen LogP contribution is -2.42. The first-order valence-electron chi connectivity index (χ1n) is 13.9. The number of anilines is 1. The van der Waals surface area contributed by atoms with E-state index in [1.54, 1.807) is 12.4 Å². The quantitative estimate of drug-likeness (QED) is 0.476. The van der Waals surface area contributed by atoms with Crippen molar-refractivity contribution in [1.82, 2.24) is 20.3 Å². The van der Waals surface area contributed by atoms with Gasteiger partial charge in [-0.3, -0.25) is 4.79 Å². The molecule has 3 fully saturated rings. The SMILES string of the molecule is Cc1ncc(-c2nc(-c3ccccc3N3CCS(=O)(=O)CC3)c([C@@H]3CCCC[C@H]3C(=O)NC3(C#N)CC3)o2)cn1. The number of para-hydroxylation sites is 1. The number of carbonyl (C=O) groups is 1. The predicted octanol–water partition coefficient (Wildman–Crippen LogP) is 3.79. The van der Waals surface area contributed by atoms with Crippen molar-refractivity contribution < 1.29 is 17.6 Å². The zero-order chi connectivity index (χ0) is 27.9. The summed E-state index contributed by atoms with van der Waals surface area (Å²) in [6.45, 7) is 2.61. The smallest absolute Gasteiger partial charge is 0.230 e. The van der Waals surface area contributed by atoms with Gasteiger partial charge in [-0.1, -0.05) is 31.0 Å². The Balaban J connectivity index is 1.43. The van der Waals surface area contributed by atoms with E-state index in [0.717, 1.165) is 30.5 Å². The fourth-order valence-corrected chi connectivity index (χ4v) is 6.98. The summed E-state index contributed by atoms with van der Waals surface area (Å²) < 4.78 is 30.8. The first-order chi connectivity index (χ1) is 19.3. The second-order valence-corrected chi connectivity index (χ2v) is 13.4. The maximum Gasteiger partial charge on any atom is 0.230 e. The molecule has 208 valence electrons. The predicted molar refractivity (Wildman–Crippen MR) is 149 cm³/mol. The van der Waals surface area contributed by atoms with Gasteiger partial charge in [0.15, 0.2) is 9.84 Å². The maximum absolute atomic E-state index is 13.5. The molecule has 0 unspecified atom stereocenters. The van der Waals surface area contributed by atoms with Crippen LogP contribution in [0, 0.1) is 24.2 Å². The van der Waals surface area contributed by atoms with E-state index in [2.05, 4.69) is 26.3 Å². The number of carbonyl (C=O) groups excluding carboxylic acids is 1.